The van der Waals surface area contributed by atoms with Gasteiger partial charge in [0, 0.05) is 34.3 Å². The first kappa shape index (κ1) is 21.6. The van der Waals surface area contributed by atoms with Gasteiger partial charge in [0.15, 0.2) is 0 Å². The van der Waals surface area contributed by atoms with Crippen molar-refractivity contribution >= 4 is 32.4 Å². The van der Waals surface area contributed by atoms with Gasteiger partial charge in [0.2, 0.25) is 0 Å². The summed E-state index contributed by atoms with van der Waals surface area (Å²) in [6.45, 7) is 9.27. The predicted molar refractivity (Wildman–Crippen MR) is 155 cm³/mol. The van der Waals surface area contributed by atoms with Crippen LogP contribution >= 0.6 is 0 Å². The number of benzene rings is 4. The Labute approximate surface area is 224 Å². The lowest BCUT2D eigenvalue weighted by Gasteiger charge is -2.64. The number of hydrogen-bond donors (Lipinski definition) is 0. The summed E-state index contributed by atoms with van der Waals surface area (Å²) in [5.74, 6) is 1.19. The van der Waals surface area contributed by atoms with Crippen LogP contribution in [0.2, 0.25) is 0 Å². The minimum Gasteiger partial charge on any atom is -0.483 e. The van der Waals surface area contributed by atoms with Gasteiger partial charge in [-0.05, 0) is 91.7 Å². The summed E-state index contributed by atoms with van der Waals surface area (Å²) >= 11 is 0. The minimum atomic E-state index is 0.0376. The van der Waals surface area contributed by atoms with Gasteiger partial charge in [-0.25, -0.2) is 0 Å². The Morgan fingerprint density at radius 3 is 2.61 bits per heavy atom. The first-order valence-electron chi connectivity index (χ1n) is 14.4. The smallest absolute Gasteiger partial charge is 0.149 e. The van der Waals surface area contributed by atoms with Crippen LogP contribution < -0.4 is 4.74 Å². The molecule has 1 saturated heterocycles. The highest BCUT2D eigenvalue weighted by molar-refractivity contribution is 6.12. The summed E-state index contributed by atoms with van der Waals surface area (Å²) in [7, 11) is 2.36. The number of ether oxygens (including phenoxy) is 1. The Kier molecular flexibility index (Phi) is 3.88. The molecule has 3 heterocycles. The topological polar surface area (TPSA) is 17.4 Å². The van der Waals surface area contributed by atoms with E-state index < -0.39 is 0 Å². The number of aromatic nitrogens is 1. The van der Waals surface area contributed by atoms with Crippen LogP contribution in [0.5, 0.6) is 5.75 Å². The van der Waals surface area contributed by atoms with Gasteiger partial charge >= 0.3 is 0 Å². The summed E-state index contributed by atoms with van der Waals surface area (Å²) in [4.78, 5) is 2.66. The zero-order chi connectivity index (χ0) is 25.6. The van der Waals surface area contributed by atoms with Crippen LogP contribution in [-0.2, 0) is 24.8 Å². The maximum atomic E-state index is 7.25. The molecule has 0 amide bonds. The highest BCUT2D eigenvalue weighted by Gasteiger charge is 2.70. The van der Waals surface area contributed by atoms with Gasteiger partial charge < -0.3 is 14.2 Å². The number of nitrogens with zero attached hydrogens (tertiary/aromatic N) is 2. The second kappa shape index (κ2) is 6.82. The Morgan fingerprint density at radius 2 is 1.79 bits per heavy atom. The number of fused-ring (bicyclic) bond motifs is 7. The molecule has 4 aliphatic rings. The van der Waals surface area contributed by atoms with E-state index >= 15 is 0 Å². The summed E-state index contributed by atoms with van der Waals surface area (Å²) in [6, 6.07) is 23.6. The number of hydrogen-bond acceptors (Lipinski definition) is 2. The molecule has 0 radical (unpaired) electrons. The lowest BCUT2D eigenvalue weighted by molar-refractivity contribution is -0.0913. The van der Waals surface area contributed by atoms with Crippen molar-refractivity contribution in [1.29, 1.82) is 0 Å². The maximum absolute atomic E-state index is 7.25. The Balaban J connectivity index is 1.42. The zero-order valence-electron chi connectivity index (χ0n) is 22.8. The summed E-state index contributed by atoms with van der Waals surface area (Å²) in [5.41, 5.74) is 8.95. The number of likely N-dealkylation sites (tertiary alicyclic amines) is 1. The van der Waals surface area contributed by atoms with Crippen molar-refractivity contribution in [2.24, 2.45) is 5.41 Å². The van der Waals surface area contributed by atoms with Gasteiger partial charge in [0.05, 0.1) is 16.6 Å². The van der Waals surface area contributed by atoms with Crippen molar-refractivity contribution < 1.29 is 4.74 Å². The zero-order valence-corrected chi connectivity index (χ0v) is 22.8. The molecule has 0 N–H and O–H groups in total. The van der Waals surface area contributed by atoms with Crippen LogP contribution in [0.15, 0.2) is 60.7 Å². The van der Waals surface area contributed by atoms with Crippen LogP contribution in [-0.4, -0.2) is 29.1 Å². The first-order valence-corrected chi connectivity index (χ1v) is 14.4. The monoisotopic (exact) mass is 498 g/mol. The van der Waals surface area contributed by atoms with E-state index in [9.17, 15) is 0 Å². The van der Waals surface area contributed by atoms with E-state index in [4.69, 9.17) is 4.74 Å². The lowest BCUT2D eigenvalue weighted by atomic mass is 9.44. The SMILES string of the molecule is CCn1c2c(c3ccc4cc5ccccc5cc4c31)C[C@@]1(C)[C@H]3Cc4ccc(C)c5c4[C@@]1(CCN3C)[C@H]2O5. The molecule has 9 rings (SSSR count). The van der Waals surface area contributed by atoms with E-state index in [0.717, 1.165) is 25.9 Å². The molecule has 1 fully saturated rings. The Bertz CT molecular complexity index is 1860. The molecule has 0 unspecified atom stereocenters. The average molecular weight is 499 g/mol. The molecule has 2 aliphatic heterocycles. The number of piperidine rings is 1. The lowest BCUT2D eigenvalue weighted by Crippen LogP contribution is -2.68. The predicted octanol–water partition coefficient (Wildman–Crippen LogP) is 7.47. The fourth-order valence-electron chi connectivity index (χ4n) is 9.60. The third-order valence-corrected chi connectivity index (χ3v) is 11.3. The fraction of sp³-hybridized carbons (Fsp3) is 0.371. The minimum absolute atomic E-state index is 0.0376. The molecular formula is C35H34N2O. The standard InChI is InChI=1S/C35H34N2O/c1-5-37-30-25(13-12-23-16-21-8-6-7-9-22(21)17-26(23)30)27-19-34(3)28-18-24-11-10-20(2)32-29(24)35(34,14-15-36(28)4)33(38-32)31(27)37/h6-13,16-17,28,33H,5,14-15,18-19H2,1-4H3/t28-,33+,34+,35+/m1/s1. The Hall–Kier alpha value is -3.30. The van der Waals surface area contributed by atoms with Crippen molar-refractivity contribution in [2.45, 2.75) is 64.1 Å². The van der Waals surface area contributed by atoms with Gasteiger partial charge in [0.25, 0.3) is 0 Å². The summed E-state index contributed by atoms with van der Waals surface area (Å²) in [5, 5.41) is 6.76. The van der Waals surface area contributed by atoms with Gasteiger partial charge in [-0.15, -0.1) is 0 Å². The Morgan fingerprint density at radius 1 is 0.974 bits per heavy atom. The number of likely N-dealkylation sites (N-methyl/N-ethyl adjacent to an activating group) is 1. The highest BCUT2D eigenvalue weighted by atomic mass is 16.5. The van der Waals surface area contributed by atoms with E-state index in [2.05, 4.69) is 97.9 Å². The first-order chi connectivity index (χ1) is 18.5. The molecule has 2 bridgehead atoms. The second-order valence-electron chi connectivity index (χ2n) is 12.8. The van der Waals surface area contributed by atoms with Crippen molar-refractivity contribution in [3.8, 4) is 5.75 Å². The van der Waals surface area contributed by atoms with E-state index in [-0.39, 0.29) is 16.9 Å². The molecule has 1 spiro atoms. The maximum Gasteiger partial charge on any atom is 0.149 e. The van der Waals surface area contributed by atoms with Crippen LogP contribution in [0.1, 0.15) is 54.3 Å². The molecule has 190 valence electrons. The number of rotatable bonds is 1. The molecule has 38 heavy (non-hydrogen) atoms. The molecule has 0 saturated carbocycles. The van der Waals surface area contributed by atoms with Gasteiger partial charge in [-0.1, -0.05) is 55.5 Å². The molecule has 4 aromatic carbocycles. The third-order valence-electron chi connectivity index (χ3n) is 11.3. The summed E-state index contributed by atoms with van der Waals surface area (Å²) in [6.07, 6.45) is 3.49. The fourth-order valence-corrected chi connectivity index (χ4v) is 9.60. The van der Waals surface area contributed by atoms with E-state index in [1.54, 1.807) is 5.56 Å². The third kappa shape index (κ3) is 2.22. The normalized spacial score (nSPS) is 29.1. The average Bonchev–Trinajstić information content (AvgIpc) is 3.43. The van der Waals surface area contributed by atoms with Gasteiger partial charge in [-0.2, -0.15) is 0 Å². The van der Waals surface area contributed by atoms with Crippen molar-refractivity contribution in [1.82, 2.24) is 9.47 Å². The molecule has 3 heteroatoms. The molecule has 1 aromatic heterocycles. The van der Waals surface area contributed by atoms with Crippen LogP contribution in [0.3, 0.4) is 0 Å². The molecule has 2 aliphatic carbocycles. The van der Waals surface area contributed by atoms with Gasteiger partial charge in [-0.3, -0.25) is 0 Å². The quantitative estimate of drug-likeness (QED) is 0.223. The second-order valence-corrected chi connectivity index (χ2v) is 12.8. The number of aryl methyl sites for hydroxylation is 2. The molecular weight excluding hydrogens is 464 g/mol. The van der Waals surface area contributed by atoms with E-state index in [0.29, 0.717) is 6.04 Å². The van der Waals surface area contributed by atoms with Gasteiger partial charge in [0.1, 0.15) is 11.9 Å². The van der Waals surface area contributed by atoms with Crippen LogP contribution in [0, 0.1) is 12.3 Å². The largest absolute Gasteiger partial charge is 0.483 e. The highest BCUT2D eigenvalue weighted by Crippen LogP contribution is 2.71. The van der Waals surface area contributed by atoms with Crippen LogP contribution in [0.25, 0.3) is 32.4 Å². The van der Waals surface area contributed by atoms with Crippen molar-refractivity contribution in [3.05, 3.63) is 88.6 Å². The van der Waals surface area contributed by atoms with Crippen molar-refractivity contribution in [3.63, 3.8) is 0 Å². The molecule has 4 atom stereocenters. The van der Waals surface area contributed by atoms with Crippen molar-refractivity contribution in [2.75, 3.05) is 13.6 Å². The molecule has 5 aromatic rings. The van der Waals surface area contributed by atoms with E-state index in [1.807, 2.05) is 0 Å². The van der Waals surface area contributed by atoms with E-state index in [1.165, 1.54) is 67.0 Å². The van der Waals surface area contributed by atoms with Crippen LogP contribution in [0.4, 0.5) is 0 Å². The molecule has 3 nitrogen and oxygen atoms in total. The summed E-state index contributed by atoms with van der Waals surface area (Å²) < 4.78 is 9.89.